The molecule has 0 spiro atoms. The molecular formula is C29H35Cl2N5O5S. The Morgan fingerprint density at radius 2 is 1.86 bits per heavy atom. The Morgan fingerprint density at radius 3 is 2.48 bits per heavy atom. The van der Waals surface area contributed by atoms with Gasteiger partial charge in [0.25, 0.3) is 5.91 Å². The SMILES string of the molecule is CCN(C(=O)CNS(=O)(=O)c1ccc(Cl)cc1Cl)[C@@H]1CN(C(=O)[C@H](CC(C)C)NC(=O)c2cc3ccccn3c2)C1C. The molecule has 1 aromatic carbocycles. The van der Waals surface area contributed by atoms with Crippen LogP contribution in [0, 0.1) is 5.92 Å². The van der Waals surface area contributed by atoms with Crippen LogP contribution in [-0.2, 0) is 19.6 Å². The Morgan fingerprint density at radius 1 is 1.12 bits per heavy atom. The molecule has 1 aliphatic heterocycles. The number of sulfonamides is 1. The molecule has 1 unspecified atom stereocenters. The molecule has 0 aliphatic carbocycles. The van der Waals surface area contributed by atoms with Gasteiger partial charge in [-0.3, -0.25) is 14.4 Å². The third-order valence-electron chi connectivity index (χ3n) is 7.45. The average Bonchev–Trinajstić information content (AvgIpc) is 3.37. The second kappa shape index (κ2) is 13.0. The van der Waals surface area contributed by atoms with E-state index in [1.54, 1.807) is 29.0 Å². The van der Waals surface area contributed by atoms with Crippen molar-refractivity contribution in [1.82, 2.24) is 24.2 Å². The zero-order valence-electron chi connectivity index (χ0n) is 23.9. The number of rotatable bonds is 11. The van der Waals surface area contributed by atoms with Crippen molar-refractivity contribution >= 4 is 56.5 Å². The summed E-state index contributed by atoms with van der Waals surface area (Å²) in [5, 5.41) is 3.16. The van der Waals surface area contributed by atoms with E-state index in [4.69, 9.17) is 23.2 Å². The van der Waals surface area contributed by atoms with Crippen molar-refractivity contribution in [3.05, 3.63) is 70.5 Å². The van der Waals surface area contributed by atoms with Crippen molar-refractivity contribution < 1.29 is 22.8 Å². The highest BCUT2D eigenvalue weighted by Gasteiger charge is 2.45. The molecule has 226 valence electrons. The first-order valence-corrected chi connectivity index (χ1v) is 16.0. The highest BCUT2D eigenvalue weighted by atomic mass is 35.5. The van der Waals surface area contributed by atoms with Gasteiger partial charge in [0, 0.05) is 36.0 Å². The van der Waals surface area contributed by atoms with Crippen LogP contribution in [0.1, 0.15) is 44.5 Å². The minimum Gasteiger partial charge on any atom is -0.340 e. The number of benzene rings is 1. The largest absolute Gasteiger partial charge is 0.340 e. The van der Waals surface area contributed by atoms with Gasteiger partial charge in [0.15, 0.2) is 0 Å². The number of hydrogen-bond donors (Lipinski definition) is 2. The Labute approximate surface area is 256 Å². The molecule has 3 atom stereocenters. The summed E-state index contributed by atoms with van der Waals surface area (Å²) in [7, 11) is -4.06. The molecule has 3 amide bonds. The van der Waals surface area contributed by atoms with Gasteiger partial charge in [-0.1, -0.05) is 43.1 Å². The monoisotopic (exact) mass is 635 g/mol. The van der Waals surface area contributed by atoms with Crippen molar-refractivity contribution in [2.45, 2.75) is 57.1 Å². The summed E-state index contributed by atoms with van der Waals surface area (Å²) in [5.41, 5.74) is 1.33. The Hall–Kier alpha value is -3.12. The number of nitrogens with one attached hydrogen (secondary N) is 2. The summed E-state index contributed by atoms with van der Waals surface area (Å²) < 4.78 is 29.6. The van der Waals surface area contributed by atoms with Crippen molar-refractivity contribution in [2.24, 2.45) is 5.92 Å². The summed E-state index contributed by atoms with van der Waals surface area (Å²) in [6, 6.07) is 10.1. The van der Waals surface area contributed by atoms with Gasteiger partial charge in [0.1, 0.15) is 10.9 Å². The fraction of sp³-hybridized carbons (Fsp3) is 0.414. The molecule has 1 aliphatic rings. The van der Waals surface area contributed by atoms with Crippen LogP contribution >= 0.6 is 23.2 Å². The Bertz CT molecular complexity index is 1560. The number of fused-ring (bicyclic) bond motifs is 1. The first-order valence-electron chi connectivity index (χ1n) is 13.7. The second-order valence-electron chi connectivity index (χ2n) is 10.8. The molecule has 1 saturated heterocycles. The second-order valence-corrected chi connectivity index (χ2v) is 13.4. The smallest absolute Gasteiger partial charge is 0.253 e. The lowest BCUT2D eigenvalue weighted by atomic mass is 9.93. The Balaban J connectivity index is 1.39. The molecule has 42 heavy (non-hydrogen) atoms. The van der Waals surface area contributed by atoms with Crippen LogP contribution in [0.2, 0.25) is 10.0 Å². The third-order valence-corrected chi connectivity index (χ3v) is 9.57. The molecule has 4 rings (SSSR count). The van der Waals surface area contributed by atoms with Crippen LogP contribution in [0.5, 0.6) is 0 Å². The van der Waals surface area contributed by atoms with E-state index >= 15 is 0 Å². The van der Waals surface area contributed by atoms with E-state index in [-0.39, 0.29) is 46.3 Å². The molecule has 3 aromatic rings. The molecule has 2 aromatic heterocycles. The maximum absolute atomic E-state index is 13.6. The number of hydrogen-bond acceptors (Lipinski definition) is 5. The number of amides is 3. The minimum atomic E-state index is -4.06. The maximum atomic E-state index is 13.6. The molecule has 0 bridgehead atoms. The first kappa shape index (κ1) is 31.8. The molecule has 1 fully saturated rings. The van der Waals surface area contributed by atoms with Gasteiger partial charge in [0.05, 0.1) is 29.2 Å². The van der Waals surface area contributed by atoms with Crippen LogP contribution in [-0.4, -0.2) is 78.1 Å². The van der Waals surface area contributed by atoms with E-state index in [1.807, 2.05) is 49.6 Å². The highest BCUT2D eigenvalue weighted by Crippen LogP contribution is 2.27. The lowest BCUT2D eigenvalue weighted by Gasteiger charge is -2.51. The topological polar surface area (TPSA) is 120 Å². The first-order chi connectivity index (χ1) is 19.8. The van der Waals surface area contributed by atoms with Gasteiger partial charge in [0.2, 0.25) is 21.8 Å². The lowest BCUT2D eigenvalue weighted by molar-refractivity contribution is -0.153. The number of carbonyl (C=O) groups excluding carboxylic acids is 3. The van der Waals surface area contributed by atoms with E-state index in [9.17, 15) is 22.8 Å². The van der Waals surface area contributed by atoms with Crippen LogP contribution in [0.4, 0.5) is 0 Å². The zero-order chi connectivity index (χ0) is 30.8. The molecule has 2 N–H and O–H groups in total. The summed E-state index contributed by atoms with van der Waals surface area (Å²) in [5.74, 6) is -0.828. The third kappa shape index (κ3) is 6.91. The average molecular weight is 637 g/mol. The zero-order valence-corrected chi connectivity index (χ0v) is 26.2. The van der Waals surface area contributed by atoms with Crippen LogP contribution < -0.4 is 10.0 Å². The molecule has 10 nitrogen and oxygen atoms in total. The van der Waals surface area contributed by atoms with E-state index in [2.05, 4.69) is 10.0 Å². The highest BCUT2D eigenvalue weighted by molar-refractivity contribution is 7.89. The molecule has 3 heterocycles. The van der Waals surface area contributed by atoms with Crippen molar-refractivity contribution in [3.63, 3.8) is 0 Å². The fourth-order valence-corrected chi connectivity index (χ4v) is 6.92. The number of halogens is 2. The number of pyridine rings is 1. The number of aromatic nitrogens is 1. The van der Waals surface area contributed by atoms with Gasteiger partial charge < -0.3 is 19.5 Å². The van der Waals surface area contributed by atoms with Gasteiger partial charge in [-0.2, -0.15) is 0 Å². The van der Waals surface area contributed by atoms with Crippen molar-refractivity contribution in [1.29, 1.82) is 0 Å². The van der Waals surface area contributed by atoms with Gasteiger partial charge in [-0.05, 0) is 62.6 Å². The summed E-state index contributed by atoms with van der Waals surface area (Å²) in [6.07, 6.45) is 4.03. The predicted molar refractivity (Wildman–Crippen MR) is 162 cm³/mol. The Kier molecular flexibility index (Phi) is 9.87. The number of likely N-dealkylation sites (tertiary alicyclic amines) is 1. The van der Waals surface area contributed by atoms with Gasteiger partial charge in [-0.15, -0.1) is 0 Å². The van der Waals surface area contributed by atoms with E-state index in [0.29, 0.717) is 23.6 Å². The number of nitrogens with zero attached hydrogens (tertiary/aromatic N) is 3. The predicted octanol–water partition coefficient (Wildman–Crippen LogP) is 3.82. The van der Waals surface area contributed by atoms with E-state index in [1.165, 1.54) is 18.2 Å². The van der Waals surface area contributed by atoms with Gasteiger partial charge in [-0.25, -0.2) is 13.1 Å². The van der Waals surface area contributed by atoms with Crippen molar-refractivity contribution in [3.8, 4) is 0 Å². The molecule has 13 heteroatoms. The fourth-order valence-electron chi connectivity index (χ4n) is 5.18. The molecule has 0 radical (unpaired) electrons. The molecular weight excluding hydrogens is 601 g/mol. The number of carbonyl (C=O) groups is 3. The molecule has 0 saturated carbocycles. The van der Waals surface area contributed by atoms with E-state index in [0.717, 1.165) is 5.52 Å². The minimum absolute atomic E-state index is 0.0509. The van der Waals surface area contributed by atoms with Crippen LogP contribution in [0.25, 0.3) is 5.52 Å². The maximum Gasteiger partial charge on any atom is 0.253 e. The van der Waals surface area contributed by atoms with Crippen LogP contribution in [0.15, 0.2) is 59.8 Å². The summed E-state index contributed by atoms with van der Waals surface area (Å²) in [4.78, 5) is 42.8. The normalized spacial score (nSPS) is 17.6. The standard InChI is InChI=1S/C29H35Cl2N5O5S/c1-5-35(27(37)15-32-42(40,41)26-10-9-21(30)14-23(26)31)25-17-36(19(25)4)29(39)24(12-18(2)3)33-28(38)20-13-22-8-6-7-11-34(22)16-20/h6-11,13-14,16,18-19,24-25,32H,5,12,15,17H2,1-4H3,(H,33,38)/t19?,24-,25+/m0/s1. The summed E-state index contributed by atoms with van der Waals surface area (Å²) in [6.45, 7) is 7.74. The lowest BCUT2D eigenvalue weighted by Crippen LogP contribution is -2.70. The number of likely N-dealkylation sites (N-methyl/N-ethyl adjacent to an activating group) is 1. The van der Waals surface area contributed by atoms with E-state index < -0.39 is 28.5 Å². The quantitative estimate of drug-likeness (QED) is 0.332. The van der Waals surface area contributed by atoms with Crippen molar-refractivity contribution in [2.75, 3.05) is 19.6 Å². The van der Waals surface area contributed by atoms with Crippen LogP contribution in [0.3, 0.4) is 0 Å². The summed E-state index contributed by atoms with van der Waals surface area (Å²) >= 11 is 11.9. The van der Waals surface area contributed by atoms with Gasteiger partial charge >= 0.3 is 0 Å².